The maximum atomic E-state index is 14.1. The van der Waals surface area contributed by atoms with Crippen molar-refractivity contribution >= 4 is 23.4 Å². The molecule has 0 unspecified atom stereocenters. The van der Waals surface area contributed by atoms with Crippen LogP contribution in [0.4, 0.5) is 4.39 Å². The van der Waals surface area contributed by atoms with E-state index in [1.165, 1.54) is 17.8 Å². The van der Waals surface area contributed by atoms with Gasteiger partial charge in [0.2, 0.25) is 0 Å². The van der Waals surface area contributed by atoms with Crippen LogP contribution in [0.2, 0.25) is 5.02 Å². The van der Waals surface area contributed by atoms with Crippen molar-refractivity contribution in [2.45, 2.75) is 31.3 Å². The largest absolute Gasteiger partial charge is 0.493 e. The SMILES string of the molecule is C=CCn1c(SCc2c(F)cccc2Cl)nnc1-c1ccc(OCC(C)C)cc1. The molecule has 1 aromatic heterocycles. The van der Waals surface area contributed by atoms with Gasteiger partial charge in [0.15, 0.2) is 11.0 Å². The monoisotopic (exact) mass is 431 g/mol. The molecular weight excluding hydrogens is 409 g/mol. The summed E-state index contributed by atoms with van der Waals surface area (Å²) in [6.07, 6.45) is 1.78. The molecule has 3 aromatic rings. The summed E-state index contributed by atoms with van der Waals surface area (Å²) in [5.41, 5.74) is 1.38. The van der Waals surface area contributed by atoms with E-state index < -0.39 is 0 Å². The van der Waals surface area contributed by atoms with Crippen molar-refractivity contribution in [1.82, 2.24) is 14.8 Å². The Balaban J connectivity index is 1.80. The van der Waals surface area contributed by atoms with E-state index in [4.69, 9.17) is 16.3 Å². The van der Waals surface area contributed by atoms with Crippen molar-refractivity contribution in [3.05, 3.63) is 71.5 Å². The number of nitrogens with zero attached hydrogens (tertiary/aromatic N) is 3. The minimum Gasteiger partial charge on any atom is -0.493 e. The Labute approximate surface area is 179 Å². The minimum absolute atomic E-state index is 0.322. The molecule has 0 N–H and O–H groups in total. The molecule has 0 aliphatic heterocycles. The molecule has 7 heteroatoms. The first-order chi connectivity index (χ1) is 14.0. The first-order valence-corrected chi connectivity index (χ1v) is 10.7. The fourth-order valence-corrected chi connectivity index (χ4v) is 3.96. The van der Waals surface area contributed by atoms with Gasteiger partial charge in [-0.15, -0.1) is 16.8 Å². The standard InChI is InChI=1S/C22H23ClFN3OS/c1-4-12-27-21(16-8-10-17(11-9-16)28-13-15(2)3)25-26-22(27)29-14-18-19(23)6-5-7-20(18)24/h4-11,15H,1,12-14H2,2-3H3. The molecule has 1 heterocycles. The molecule has 3 rings (SSSR count). The van der Waals surface area contributed by atoms with Gasteiger partial charge in [0.1, 0.15) is 11.6 Å². The summed E-state index contributed by atoms with van der Waals surface area (Å²) in [5.74, 6) is 2.05. The topological polar surface area (TPSA) is 39.9 Å². The third kappa shape index (κ3) is 5.40. The van der Waals surface area contributed by atoms with Gasteiger partial charge in [0.25, 0.3) is 0 Å². The number of benzene rings is 2. The lowest BCUT2D eigenvalue weighted by Crippen LogP contribution is -2.04. The lowest BCUT2D eigenvalue weighted by Gasteiger charge is -2.10. The normalized spacial score (nSPS) is 11.1. The highest BCUT2D eigenvalue weighted by Crippen LogP contribution is 2.30. The van der Waals surface area contributed by atoms with Crippen molar-refractivity contribution in [3.63, 3.8) is 0 Å². The summed E-state index contributed by atoms with van der Waals surface area (Å²) >= 11 is 7.52. The summed E-state index contributed by atoms with van der Waals surface area (Å²) in [5, 5.41) is 9.73. The Morgan fingerprint density at radius 1 is 1.21 bits per heavy atom. The molecule has 0 spiro atoms. The first kappa shape index (κ1) is 21.4. The molecule has 0 fully saturated rings. The van der Waals surface area contributed by atoms with E-state index in [9.17, 15) is 4.39 Å². The third-order valence-electron chi connectivity index (χ3n) is 4.13. The summed E-state index contributed by atoms with van der Waals surface area (Å²) < 4.78 is 21.7. The van der Waals surface area contributed by atoms with Gasteiger partial charge < -0.3 is 4.74 Å². The smallest absolute Gasteiger partial charge is 0.192 e. The Bertz CT molecular complexity index is 952. The van der Waals surface area contributed by atoms with E-state index in [2.05, 4.69) is 30.6 Å². The second kappa shape index (κ2) is 9.94. The number of hydrogen-bond donors (Lipinski definition) is 0. The van der Waals surface area contributed by atoms with Crippen molar-refractivity contribution in [3.8, 4) is 17.1 Å². The van der Waals surface area contributed by atoms with Crippen molar-refractivity contribution < 1.29 is 9.13 Å². The van der Waals surface area contributed by atoms with E-state index in [-0.39, 0.29) is 5.82 Å². The number of allylic oxidation sites excluding steroid dienone is 1. The number of thioether (sulfide) groups is 1. The fraction of sp³-hybridized carbons (Fsp3) is 0.273. The van der Waals surface area contributed by atoms with Crippen LogP contribution in [0.3, 0.4) is 0 Å². The van der Waals surface area contributed by atoms with Gasteiger partial charge in [-0.3, -0.25) is 4.57 Å². The van der Waals surface area contributed by atoms with Crippen molar-refractivity contribution in [2.75, 3.05) is 6.61 Å². The quantitative estimate of drug-likeness (QED) is 0.296. The highest BCUT2D eigenvalue weighted by Gasteiger charge is 2.15. The molecule has 0 saturated carbocycles. The minimum atomic E-state index is -0.322. The molecule has 2 aromatic carbocycles. The van der Waals surface area contributed by atoms with E-state index in [0.717, 1.165) is 17.1 Å². The molecule has 0 aliphatic rings. The second-order valence-electron chi connectivity index (χ2n) is 6.92. The molecule has 29 heavy (non-hydrogen) atoms. The zero-order chi connectivity index (χ0) is 20.8. The Kier molecular flexibility index (Phi) is 7.34. The third-order valence-corrected chi connectivity index (χ3v) is 5.48. The van der Waals surface area contributed by atoms with Crippen molar-refractivity contribution in [1.29, 1.82) is 0 Å². The van der Waals surface area contributed by atoms with E-state index in [0.29, 0.717) is 40.6 Å². The van der Waals surface area contributed by atoms with Gasteiger partial charge in [-0.05, 0) is 42.3 Å². The van der Waals surface area contributed by atoms with Crippen LogP contribution in [0.5, 0.6) is 5.75 Å². The molecule has 0 saturated heterocycles. The van der Waals surface area contributed by atoms with E-state index in [1.54, 1.807) is 18.2 Å². The van der Waals surface area contributed by atoms with E-state index in [1.807, 2.05) is 28.8 Å². The van der Waals surface area contributed by atoms with Crippen LogP contribution in [-0.4, -0.2) is 21.4 Å². The summed E-state index contributed by atoms with van der Waals surface area (Å²) in [6.45, 7) is 9.26. The Hall–Kier alpha value is -2.31. The van der Waals surface area contributed by atoms with Gasteiger partial charge in [-0.1, -0.05) is 49.4 Å². The summed E-state index contributed by atoms with van der Waals surface area (Å²) in [4.78, 5) is 0. The summed E-state index contributed by atoms with van der Waals surface area (Å²) in [6, 6.07) is 12.5. The molecule has 0 bridgehead atoms. The average molecular weight is 432 g/mol. The number of ether oxygens (including phenoxy) is 1. The number of rotatable bonds is 9. The molecule has 0 radical (unpaired) electrons. The second-order valence-corrected chi connectivity index (χ2v) is 8.27. The van der Waals surface area contributed by atoms with E-state index >= 15 is 0 Å². The van der Waals surface area contributed by atoms with Crippen LogP contribution in [0.15, 0.2) is 60.3 Å². The van der Waals surface area contributed by atoms with Crippen LogP contribution >= 0.6 is 23.4 Å². The highest BCUT2D eigenvalue weighted by molar-refractivity contribution is 7.98. The molecule has 4 nitrogen and oxygen atoms in total. The van der Waals surface area contributed by atoms with Crippen LogP contribution < -0.4 is 4.74 Å². The first-order valence-electron chi connectivity index (χ1n) is 9.32. The van der Waals surface area contributed by atoms with Gasteiger partial charge in [-0.2, -0.15) is 0 Å². The zero-order valence-corrected chi connectivity index (χ0v) is 18.0. The summed E-state index contributed by atoms with van der Waals surface area (Å²) in [7, 11) is 0. The number of aromatic nitrogens is 3. The average Bonchev–Trinajstić information content (AvgIpc) is 3.09. The van der Waals surface area contributed by atoms with Crippen molar-refractivity contribution in [2.24, 2.45) is 5.92 Å². The van der Waals surface area contributed by atoms with Crippen LogP contribution in [0.25, 0.3) is 11.4 Å². The lowest BCUT2D eigenvalue weighted by atomic mass is 10.2. The molecule has 152 valence electrons. The zero-order valence-electron chi connectivity index (χ0n) is 16.4. The Morgan fingerprint density at radius 3 is 2.62 bits per heavy atom. The van der Waals surface area contributed by atoms with Gasteiger partial charge in [0.05, 0.1) is 6.61 Å². The fourth-order valence-electron chi connectivity index (χ4n) is 2.67. The molecule has 0 atom stereocenters. The predicted molar refractivity (Wildman–Crippen MR) is 117 cm³/mol. The van der Waals surface area contributed by atoms with Gasteiger partial charge in [-0.25, -0.2) is 4.39 Å². The highest BCUT2D eigenvalue weighted by atomic mass is 35.5. The van der Waals surface area contributed by atoms with Crippen LogP contribution in [-0.2, 0) is 12.3 Å². The van der Waals surface area contributed by atoms with Crippen LogP contribution in [0.1, 0.15) is 19.4 Å². The lowest BCUT2D eigenvalue weighted by molar-refractivity contribution is 0.271. The molecular formula is C22H23ClFN3OS. The molecule has 0 amide bonds. The van der Waals surface area contributed by atoms with Crippen LogP contribution in [0, 0.1) is 11.7 Å². The van der Waals surface area contributed by atoms with Gasteiger partial charge >= 0.3 is 0 Å². The maximum Gasteiger partial charge on any atom is 0.192 e. The molecule has 0 aliphatic carbocycles. The maximum absolute atomic E-state index is 14.1. The van der Waals surface area contributed by atoms with Gasteiger partial charge in [0, 0.05) is 28.4 Å². The number of halogens is 2. The Morgan fingerprint density at radius 2 is 1.97 bits per heavy atom. The number of hydrogen-bond acceptors (Lipinski definition) is 4. The predicted octanol–water partition coefficient (Wildman–Crippen LogP) is 6.25.